The highest BCUT2D eigenvalue weighted by molar-refractivity contribution is 7.92. The van der Waals surface area contributed by atoms with Crippen molar-refractivity contribution in [3.8, 4) is 0 Å². The van der Waals surface area contributed by atoms with Crippen molar-refractivity contribution in [2.24, 2.45) is 0 Å². The topological polar surface area (TPSA) is 86.8 Å². The first-order valence-electron chi connectivity index (χ1n) is 10.9. The lowest BCUT2D eigenvalue weighted by Gasteiger charge is -2.33. The molecule has 2 aromatic rings. The summed E-state index contributed by atoms with van der Waals surface area (Å²) >= 11 is 6.25. The average molecular weight is 548 g/mol. The van der Waals surface area contributed by atoms with Gasteiger partial charge in [0.25, 0.3) is 0 Å². The maximum Gasteiger partial charge on any atom is 0.416 e. The van der Waals surface area contributed by atoms with E-state index in [1.807, 2.05) is 0 Å². The van der Waals surface area contributed by atoms with Gasteiger partial charge in [-0.15, -0.1) is 0 Å². The molecule has 0 aliphatic heterocycles. The Bertz CT molecular complexity index is 1210. The van der Waals surface area contributed by atoms with Gasteiger partial charge in [-0.05, 0) is 57.5 Å². The Morgan fingerprint density at radius 1 is 1.06 bits per heavy atom. The molecule has 0 fully saturated rings. The van der Waals surface area contributed by atoms with E-state index >= 15 is 0 Å². The number of halogens is 4. The summed E-state index contributed by atoms with van der Waals surface area (Å²) in [5.41, 5.74) is -1.49. The molecule has 0 aliphatic rings. The lowest BCUT2D eigenvalue weighted by Crippen LogP contribution is -2.54. The molecule has 0 spiro atoms. The minimum absolute atomic E-state index is 0.128. The number of carbonyl (C=O) groups is 2. The molecule has 198 valence electrons. The molecule has 7 nitrogen and oxygen atoms in total. The van der Waals surface area contributed by atoms with Crippen molar-refractivity contribution in [2.75, 3.05) is 17.1 Å². The molecule has 2 aromatic carbocycles. The van der Waals surface area contributed by atoms with E-state index in [2.05, 4.69) is 5.32 Å². The Morgan fingerprint density at radius 3 is 2.19 bits per heavy atom. The zero-order chi connectivity index (χ0) is 27.5. The van der Waals surface area contributed by atoms with Crippen molar-refractivity contribution < 1.29 is 31.2 Å². The van der Waals surface area contributed by atoms with Crippen LogP contribution in [0.2, 0.25) is 5.02 Å². The number of nitrogens with one attached hydrogen (secondary N) is 1. The summed E-state index contributed by atoms with van der Waals surface area (Å²) in [6.07, 6.45) is -3.92. The van der Waals surface area contributed by atoms with E-state index in [0.29, 0.717) is 21.0 Å². The van der Waals surface area contributed by atoms with Crippen LogP contribution in [0.4, 0.5) is 18.9 Å². The summed E-state index contributed by atoms with van der Waals surface area (Å²) in [6, 6.07) is 9.26. The molecule has 2 amide bonds. The van der Waals surface area contributed by atoms with E-state index in [9.17, 15) is 31.2 Å². The zero-order valence-electron chi connectivity index (χ0n) is 20.6. The van der Waals surface area contributed by atoms with Gasteiger partial charge in [-0.25, -0.2) is 8.42 Å². The fraction of sp³-hybridized carbons (Fsp3) is 0.417. The molecule has 0 saturated heterocycles. The highest BCUT2D eigenvalue weighted by Crippen LogP contribution is 2.32. The first-order valence-corrected chi connectivity index (χ1v) is 13.1. The van der Waals surface area contributed by atoms with Crippen molar-refractivity contribution in [3.63, 3.8) is 0 Å². The van der Waals surface area contributed by atoms with Crippen LogP contribution in [-0.2, 0) is 32.3 Å². The number of alkyl halides is 3. The summed E-state index contributed by atoms with van der Waals surface area (Å²) < 4.78 is 65.3. The van der Waals surface area contributed by atoms with Gasteiger partial charge in [0.1, 0.15) is 12.6 Å². The van der Waals surface area contributed by atoms with Crippen molar-refractivity contribution in [1.82, 2.24) is 10.2 Å². The summed E-state index contributed by atoms with van der Waals surface area (Å²) in [6.45, 7) is 5.81. The summed E-state index contributed by atoms with van der Waals surface area (Å²) in [5.74, 6) is -1.29. The summed E-state index contributed by atoms with van der Waals surface area (Å²) in [4.78, 5) is 27.5. The molecule has 0 radical (unpaired) electrons. The molecular weight excluding hydrogens is 519 g/mol. The maximum absolute atomic E-state index is 13.5. The molecule has 1 atom stereocenters. The van der Waals surface area contributed by atoms with Crippen LogP contribution in [0.5, 0.6) is 0 Å². The first kappa shape index (κ1) is 29.4. The molecule has 1 N–H and O–H groups in total. The van der Waals surface area contributed by atoms with Crippen LogP contribution < -0.4 is 9.62 Å². The molecule has 0 aromatic heterocycles. The summed E-state index contributed by atoms with van der Waals surface area (Å²) in [5, 5.41) is 3.10. The minimum atomic E-state index is -4.71. The molecule has 0 unspecified atom stereocenters. The highest BCUT2D eigenvalue weighted by atomic mass is 35.5. The lowest BCUT2D eigenvalue weighted by molar-refractivity contribution is -0.140. The van der Waals surface area contributed by atoms with Crippen LogP contribution >= 0.6 is 11.6 Å². The second kappa shape index (κ2) is 11.1. The van der Waals surface area contributed by atoms with Crippen molar-refractivity contribution in [2.45, 2.75) is 52.0 Å². The van der Waals surface area contributed by atoms with Crippen LogP contribution in [0.3, 0.4) is 0 Å². The van der Waals surface area contributed by atoms with Gasteiger partial charge in [-0.2, -0.15) is 13.2 Å². The van der Waals surface area contributed by atoms with Crippen LogP contribution in [0.15, 0.2) is 48.5 Å². The number of carbonyl (C=O) groups excluding carboxylic acids is 2. The van der Waals surface area contributed by atoms with Gasteiger partial charge in [-0.1, -0.05) is 35.9 Å². The van der Waals surface area contributed by atoms with Gasteiger partial charge in [0.05, 0.1) is 17.5 Å². The minimum Gasteiger partial charge on any atom is -0.350 e. The summed E-state index contributed by atoms with van der Waals surface area (Å²) in [7, 11) is -4.17. The van der Waals surface area contributed by atoms with Gasteiger partial charge in [-0.3, -0.25) is 13.9 Å². The monoisotopic (exact) mass is 547 g/mol. The second-order valence-corrected chi connectivity index (χ2v) is 11.7. The number of sulfonamides is 1. The van der Waals surface area contributed by atoms with E-state index in [1.165, 1.54) is 6.92 Å². The molecule has 0 aliphatic carbocycles. The molecule has 0 bridgehead atoms. The molecule has 2 rings (SSSR count). The Hall–Kier alpha value is -2.79. The third-order valence-corrected chi connectivity index (χ3v) is 6.61. The second-order valence-electron chi connectivity index (χ2n) is 9.35. The van der Waals surface area contributed by atoms with Crippen LogP contribution in [0, 0.1) is 0 Å². The smallest absolute Gasteiger partial charge is 0.350 e. The van der Waals surface area contributed by atoms with E-state index in [0.717, 1.165) is 29.4 Å². The Morgan fingerprint density at radius 2 is 1.67 bits per heavy atom. The number of rotatable bonds is 8. The zero-order valence-corrected chi connectivity index (χ0v) is 22.1. The standard InChI is InChI=1S/C24H29ClF3N3O4S/c1-16(22(33)29-23(2,3)4)30(14-17-9-6-7-12-20(17)25)21(32)15-31(36(5,34)35)19-11-8-10-18(13-19)24(26,27)28/h6-13,16H,14-15H2,1-5H3,(H,29,33)/t16-/m0/s1. The van der Waals surface area contributed by atoms with E-state index < -0.39 is 51.7 Å². The quantitative estimate of drug-likeness (QED) is 0.529. The third kappa shape index (κ3) is 8.12. The fourth-order valence-corrected chi connectivity index (χ4v) is 4.35. The predicted molar refractivity (Wildman–Crippen MR) is 133 cm³/mol. The predicted octanol–water partition coefficient (Wildman–Crippen LogP) is 4.46. The SMILES string of the molecule is C[C@@H](C(=O)NC(C)(C)C)N(Cc1ccccc1Cl)C(=O)CN(c1cccc(C(F)(F)F)c1)S(C)(=O)=O. The fourth-order valence-electron chi connectivity index (χ4n) is 3.32. The van der Waals surface area contributed by atoms with E-state index in [1.54, 1.807) is 45.0 Å². The van der Waals surface area contributed by atoms with Gasteiger partial charge in [0.15, 0.2) is 0 Å². The van der Waals surface area contributed by atoms with Gasteiger partial charge >= 0.3 is 6.18 Å². The van der Waals surface area contributed by atoms with Crippen molar-refractivity contribution >= 4 is 39.1 Å². The maximum atomic E-state index is 13.5. The third-order valence-electron chi connectivity index (χ3n) is 5.10. The van der Waals surface area contributed by atoms with Gasteiger partial charge in [0, 0.05) is 17.1 Å². The number of hydrogen-bond acceptors (Lipinski definition) is 4. The molecule has 0 heterocycles. The molecule has 12 heteroatoms. The number of benzene rings is 2. The normalized spacial score (nSPS) is 13.1. The first-order chi connectivity index (χ1) is 16.4. The number of amides is 2. The Balaban J connectivity index is 2.47. The molecule has 0 saturated carbocycles. The van der Waals surface area contributed by atoms with E-state index in [-0.39, 0.29) is 12.2 Å². The van der Waals surface area contributed by atoms with Gasteiger partial charge in [0.2, 0.25) is 21.8 Å². The van der Waals surface area contributed by atoms with Gasteiger partial charge < -0.3 is 10.2 Å². The lowest BCUT2D eigenvalue weighted by atomic mass is 10.1. The van der Waals surface area contributed by atoms with Crippen molar-refractivity contribution in [3.05, 3.63) is 64.7 Å². The number of anilines is 1. The van der Waals surface area contributed by atoms with Crippen molar-refractivity contribution in [1.29, 1.82) is 0 Å². The van der Waals surface area contributed by atoms with Crippen LogP contribution in [0.25, 0.3) is 0 Å². The molecule has 36 heavy (non-hydrogen) atoms. The highest BCUT2D eigenvalue weighted by Gasteiger charge is 2.34. The van der Waals surface area contributed by atoms with E-state index in [4.69, 9.17) is 11.6 Å². The van der Waals surface area contributed by atoms with Crippen LogP contribution in [-0.4, -0.2) is 49.5 Å². The average Bonchev–Trinajstić information content (AvgIpc) is 2.73. The molecular formula is C24H29ClF3N3O4S. The Labute approximate surface area is 214 Å². The Kier molecular flexibility index (Phi) is 9.06. The number of hydrogen-bond donors (Lipinski definition) is 1. The largest absolute Gasteiger partial charge is 0.416 e. The van der Waals surface area contributed by atoms with Crippen LogP contribution in [0.1, 0.15) is 38.8 Å². The number of nitrogens with zero attached hydrogens (tertiary/aromatic N) is 2.